The number of aromatic nitrogens is 4. The predicted molar refractivity (Wildman–Crippen MR) is 79.9 cm³/mol. The average Bonchev–Trinajstić information content (AvgIpc) is 3.11. The summed E-state index contributed by atoms with van der Waals surface area (Å²) in [7, 11) is 1.74. The molecule has 3 rings (SSSR count). The van der Waals surface area contributed by atoms with Gasteiger partial charge in [0.15, 0.2) is 5.82 Å². The van der Waals surface area contributed by atoms with E-state index in [1.807, 2.05) is 28.8 Å². The van der Waals surface area contributed by atoms with Gasteiger partial charge in [0.2, 0.25) is 11.8 Å². The minimum absolute atomic E-state index is 0.0280. The van der Waals surface area contributed by atoms with Crippen molar-refractivity contribution in [2.45, 2.75) is 26.4 Å². The number of hydrogen-bond donors (Lipinski definition) is 0. The van der Waals surface area contributed by atoms with Crippen LogP contribution in [0.15, 0.2) is 35.1 Å². The van der Waals surface area contributed by atoms with Crippen LogP contribution in [-0.4, -0.2) is 37.5 Å². The molecule has 0 unspecified atom stereocenters. The third-order valence-corrected chi connectivity index (χ3v) is 3.47. The molecule has 0 fully saturated rings. The molecule has 0 radical (unpaired) electrons. The van der Waals surface area contributed by atoms with Crippen LogP contribution in [0.1, 0.15) is 18.1 Å². The Morgan fingerprint density at radius 1 is 1.36 bits per heavy atom. The second kappa shape index (κ2) is 5.97. The molecule has 114 valence electrons. The van der Waals surface area contributed by atoms with Crippen LogP contribution in [-0.2, 0) is 17.9 Å². The summed E-state index contributed by atoms with van der Waals surface area (Å²) in [5.74, 6) is 1.04. The van der Waals surface area contributed by atoms with Gasteiger partial charge in [0, 0.05) is 26.9 Å². The Hall–Kier alpha value is -2.70. The Kier molecular flexibility index (Phi) is 3.86. The molecular weight excluding hydrogens is 282 g/mol. The molecule has 2 aromatic heterocycles. The lowest BCUT2D eigenvalue weighted by Gasteiger charge is -2.15. The number of hydrogen-bond acceptors (Lipinski definition) is 5. The van der Waals surface area contributed by atoms with E-state index in [4.69, 9.17) is 4.52 Å². The maximum atomic E-state index is 12.2. The van der Waals surface area contributed by atoms with Crippen LogP contribution >= 0.6 is 0 Å². The summed E-state index contributed by atoms with van der Waals surface area (Å²) in [6, 6.07) is 7.87. The highest BCUT2D eigenvalue weighted by atomic mass is 16.5. The monoisotopic (exact) mass is 299 g/mol. The highest BCUT2D eigenvalue weighted by Crippen LogP contribution is 2.12. The SMILES string of the molecule is Cc1nc(CN(C)C(=O)CCn2cnc3ccccc32)no1. The van der Waals surface area contributed by atoms with E-state index in [1.165, 1.54) is 0 Å². The molecule has 0 saturated heterocycles. The van der Waals surface area contributed by atoms with Gasteiger partial charge in [0.1, 0.15) is 0 Å². The molecule has 0 aliphatic carbocycles. The second-order valence-electron chi connectivity index (χ2n) is 5.16. The molecular formula is C15H17N5O2. The number of fused-ring (bicyclic) bond motifs is 1. The fourth-order valence-corrected chi connectivity index (χ4v) is 2.30. The lowest BCUT2D eigenvalue weighted by Crippen LogP contribution is -2.27. The maximum absolute atomic E-state index is 12.2. The summed E-state index contributed by atoms with van der Waals surface area (Å²) < 4.78 is 6.89. The van der Waals surface area contributed by atoms with Crippen molar-refractivity contribution in [3.63, 3.8) is 0 Å². The van der Waals surface area contributed by atoms with Crippen LogP contribution in [0, 0.1) is 6.92 Å². The molecule has 0 spiro atoms. The van der Waals surface area contributed by atoms with Crippen molar-refractivity contribution >= 4 is 16.9 Å². The average molecular weight is 299 g/mol. The lowest BCUT2D eigenvalue weighted by molar-refractivity contribution is -0.130. The van der Waals surface area contributed by atoms with E-state index in [2.05, 4.69) is 15.1 Å². The lowest BCUT2D eigenvalue weighted by atomic mass is 10.3. The van der Waals surface area contributed by atoms with Crippen molar-refractivity contribution in [3.8, 4) is 0 Å². The maximum Gasteiger partial charge on any atom is 0.224 e. The standard InChI is InChI=1S/C15H17N5O2/c1-11-17-14(18-22-11)9-19(2)15(21)7-8-20-10-16-12-5-3-4-6-13(12)20/h3-6,10H,7-9H2,1-2H3. The highest BCUT2D eigenvalue weighted by molar-refractivity contribution is 5.77. The normalized spacial score (nSPS) is 11.0. The summed E-state index contributed by atoms with van der Waals surface area (Å²) in [6.45, 7) is 2.66. The topological polar surface area (TPSA) is 77.1 Å². The fourth-order valence-electron chi connectivity index (χ4n) is 2.30. The minimum atomic E-state index is 0.0280. The van der Waals surface area contributed by atoms with Crippen molar-refractivity contribution < 1.29 is 9.32 Å². The molecule has 3 aromatic rings. The Morgan fingerprint density at radius 2 is 2.18 bits per heavy atom. The minimum Gasteiger partial charge on any atom is -0.340 e. The van der Waals surface area contributed by atoms with Crippen LogP contribution < -0.4 is 0 Å². The van der Waals surface area contributed by atoms with Gasteiger partial charge >= 0.3 is 0 Å². The van der Waals surface area contributed by atoms with Crippen LogP contribution in [0.4, 0.5) is 0 Å². The van der Waals surface area contributed by atoms with Gasteiger partial charge in [-0.3, -0.25) is 4.79 Å². The largest absolute Gasteiger partial charge is 0.340 e. The third-order valence-electron chi connectivity index (χ3n) is 3.47. The van der Waals surface area contributed by atoms with Gasteiger partial charge < -0.3 is 14.0 Å². The highest BCUT2D eigenvalue weighted by Gasteiger charge is 2.13. The van der Waals surface area contributed by atoms with Gasteiger partial charge in [-0.25, -0.2) is 4.98 Å². The van der Waals surface area contributed by atoms with Crippen molar-refractivity contribution in [1.29, 1.82) is 0 Å². The molecule has 7 heteroatoms. The number of para-hydroxylation sites is 2. The molecule has 0 atom stereocenters. The van der Waals surface area contributed by atoms with Crippen molar-refractivity contribution in [2.24, 2.45) is 0 Å². The predicted octanol–water partition coefficient (Wildman–Crippen LogP) is 1.78. The van der Waals surface area contributed by atoms with Crippen molar-refractivity contribution in [1.82, 2.24) is 24.6 Å². The molecule has 1 aromatic carbocycles. The zero-order valence-corrected chi connectivity index (χ0v) is 12.6. The fraction of sp³-hybridized carbons (Fsp3) is 0.333. The molecule has 1 amide bonds. The number of benzene rings is 1. The number of nitrogens with zero attached hydrogens (tertiary/aromatic N) is 5. The first kappa shape index (κ1) is 14.2. The number of imidazole rings is 1. The van der Waals surface area contributed by atoms with Crippen molar-refractivity contribution in [3.05, 3.63) is 42.3 Å². The van der Waals surface area contributed by atoms with E-state index >= 15 is 0 Å². The number of aryl methyl sites for hydroxylation is 2. The molecule has 0 aliphatic rings. The van der Waals surface area contributed by atoms with E-state index < -0.39 is 0 Å². The number of amides is 1. The van der Waals surface area contributed by atoms with E-state index in [9.17, 15) is 4.79 Å². The molecule has 0 N–H and O–H groups in total. The van der Waals surface area contributed by atoms with Crippen LogP contribution in [0.5, 0.6) is 0 Å². The molecule has 22 heavy (non-hydrogen) atoms. The van der Waals surface area contributed by atoms with Crippen molar-refractivity contribution in [2.75, 3.05) is 7.05 Å². The van der Waals surface area contributed by atoms with E-state index in [1.54, 1.807) is 25.2 Å². The zero-order valence-electron chi connectivity index (χ0n) is 12.6. The van der Waals surface area contributed by atoms with E-state index in [-0.39, 0.29) is 5.91 Å². The van der Waals surface area contributed by atoms with Crippen LogP contribution in [0.3, 0.4) is 0 Å². The first-order valence-electron chi connectivity index (χ1n) is 7.06. The van der Waals surface area contributed by atoms with E-state index in [0.717, 1.165) is 11.0 Å². The number of carbonyl (C=O) groups excluding carboxylic acids is 1. The Balaban J connectivity index is 1.59. The summed E-state index contributed by atoms with van der Waals surface area (Å²) in [4.78, 5) is 22.2. The second-order valence-corrected chi connectivity index (χ2v) is 5.16. The summed E-state index contributed by atoms with van der Waals surface area (Å²) in [5.41, 5.74) is 1.97. The van der Waals surface area contributed by atoms with Gasteiger partial charge in [-0.15, -0.1) is 0 Å². The van der Waals surface area contributed by atoms with Gasteiger partial charge in [0.25, 0.3) is 0 Å². The Bertz CT molecular complexity index is 792. The molecule has 0 aliphatic heterocycles. The van der Waals surface area contributed by atoms with Gasteiger partial charge in [0.05, 0.1) is 23.9 Å². The summed E-state index contributed by atoms with van der Waals surface area (Å²) in [6.07, 6.45) is 2.16. The number of rotatable bonds is 5. The summed E-state index contributed by atoms with van der Waals surface area (Å²) in [5, 5.41) is 3.79. The number of carbonyl (C=O) groups is 1. The Labute approximate surface area is 127 Å². The summed E-state index contributed by atoms with van der Waals surface area (Å²) >= 11 is 0. The first-order chi connectivity index (χ1) is 10.6. The van der Waals surface area contributed by atoms with Crippen LogP contribution in [0.25, 0.3) is 11.0 Å². The molecule has 0 saturated carbocycles. The Morgan fingerprint density at radius 3 is 2.95 bits per heavy atom. The van der Waals surface area contributed by atoms with Gasteiger partial charge in [-0.1, -0.05) is 17.3 Å². The van der Waals surface area contributed by atoms with Gasteiger partial charge in [-0.05, 0) is 12.1 Å². The first-order valence-corrected chi connectivity index (χ1v) is 7.06. The third kappa shape index (κ3) is 2.98. The molecule has 7 nitrogen and oxygen atoms in total. The smallest absolute Gasteiger partial charge is 0.224 e. The quantitative estimate of drug-likeness (QED) is 0.717. The molecule has 0 bridgehead atoms. The van der Waals surface area contributed by atoms with E-state index in [0.29, 0.717) is 31.2 Å². The van der Waals surface area contributed by atoms with Gasteiger partial charge in [-0.2, -0.15) is 4.98 Å². The molecule has 2 heterocycles. The van der Waals surface area contributed by atoms with Crippen LogP contribution in [0.2, 0.25) is 0 Å². The zero-order chi connectivity index (χ0) is 15.5.